The molecular weight excluding hydrogens is 286 g/mol. The lowest BCUT2D eigenvalue weighted by atomic mass is 9.92. The molecule has 1 aromatic heterocycles. The van der Waals surface area contributed by atoms with E-state index in [9.17, 15) is 0 Å². The molecule has 2 rings (SSSR count). The van der Waals surface area contributed by atoms with Crippen LogP contribution in [0.15, 0.2) is 4.99 Å². The zero-order valence-electron chi connectivity index (χ0n) is 15.7. The van der Waals surface area contributed by atoms with Gasteiger partial charge in [-0.15, -0.1) is 0 Å². The van der Waals surface area contributed by atoms with Gasteiger partial charge in [0.25, 0.3) is 0 Å². The maximum Gasteiger partial charge on any atom is 0.193 e. The second kappa shape index (κ2) is 7.84. The highest BCUT2D eigenvalue weighted by atomic mass is 15.3. The Morgan fingerprint density at radius 2 is 1.91 bits per heavy atom. The third-order valence-electron chi connectivity index (χ3n) is 4.79. The van der Waals surface area contributed by atoms with Gasteiger partial charge < -0.3 is 10.2 Å². The van der Waals surface area contributed by atoms with Crippen molar-refractivity contribution < 1.29 is 0 Å². The van der Waals surface area contributed by atoms with E-state index in [1.807, 2.05) is 11.7 Å². The van der Waals surface area contributed by atoms with Gasteiger partial charge >= 0.3 is 0 Å². The summed E-state index contributed by atoms with van der Waals surface area (Å²) in [5.41, 5.74) is 3.72. The third kappa shape index (κ3) is 4.49. The predicted molar refractivity (Wildman–Crippen MR) is 96.9 cm³/mol. The monoisotopic (exact) mass is 319 g/mol. The van der Waals surface area contributed by atoms with Crippen molar-refractivity contribution in [2.45, 2.75) is 47.5 Å². The molecule has 0 radical (unpaired) electrons. The average Bonchev–Trinajstić information content (AvgIpc) is 2.71. The molecule has 0 aromatic carbocycles. The Bertz CT molecular complexity index is 536. The fraction of sp³-hybridized carbons (Fsp3) is 0.778. The first kappa shape index (κ1) is 17.8. The van der Waals surface area contributed by atoms with E-state index < -0.39 is 0 Å². The van der Waals surface area contributed by atoms with Gasteiger partial charge in [-0.2, -0.15) is 5.10 Å². The van der Waals surface area contributed by atoms with E-state index >= 15 is 0 Å². The van der Waals surface area contributed by atoms with Crippen molar-refractivity contribution in [1.29, 1.82) is 0 Å². The number of guanidine groups is 1. The molecule has 2 unspecified atom stereocenters. The Labute approximate surface area is 141 Å². The molecule has 1 fully saturated rings. The molecule has 1 aliphatic rings. The number of nitrogens with zero attached hydrogens (tertiary/aromatic N) is 4. The van der Waals surface area contributed by atoms with E-state index in [-0.39, 0.29) is 0 Å². The summed E-state index contributed by atoms with van der Waals surface area (Å²) >= 11 is 0. The Morgan fingerprint density at radius 3 is 2.43 bits per heavy atom. The fourth-order valence-electron chi connectivity index (χ4n) is 3.71. The molecule has 2 atom stereocenters. The number of hydrogen-bond donors (Lipinski definition) is 1. The van der Waals surface area contributed by atoms with Crippen LogP contribution in [0.5, 0.6) is 0 Å². The quantitative estimate of drug-likeness (QED) is 0.685. The van der Waals surface area contributed by atoms with Crippen molar-refractivity contribution in [3.63, 3.8) is 0 Å². The van der Waals surface area contributed by atoms with E-state index in [1.54, 1.807) is 0 Å². The van der Waals surface area contributed by atoms with Gasteiger partial charge in [0.2, 0.25) is 0 Å². The van der Waals surface area contributed by atoms with Crippen LogP contribution in [-0.4, -0.2) is 46.8 Å². The van der Waals surface area contributed by atoms with E-state index in [1.165, 1.54) is 17.7 Å². The van der Waals surface area contributed by atoms with Gasteiger partial charge in [-0.1, -0.05) is 13.8 Å². The van der Waals surface area contributed by atoms with Gasteiger partial charge in [0.1, 0.15) is 0 Å². The SMILES string of the molecule is CCNC(=NCCc1c(C)nn(C)c1C)N1CC(C)CC(C)C1. The number of likely N-dealkylation sites (tertiary alicyclic amines) is 1. The Morgan fingerprint density at radius 1 is 1.26 bits per heavy atom. The molecule has 0 amide bonds. The van der Waals surface area contributed by atoms with Crippen LogP contribution in [0.4, 0.5) is 0 Å². The second-order valence-corrected chi connectivity index (χ2v) is 7.11. The standard InChI is InChI=1S/C18H33N5/c1-7-19-18(23-11-13(2)10-14(3)12-23)20-9-8-17-15(4)21-22(6)16(17)5/h13-14H,7-12H2,1-6H3,(H,19,20). The molecule has 0 spiro atoms. The van der Waals surface area contributed by atoms with Crippen molar-refractivity contribution in [2.24, 2.45) is 23.9 Å². The first-order valence-corrected chi connectivity index (χ1v) is 8.94. The van der Waals surface area contributed by atoms with Crippen LogP contribution in [0.3, 0.4) is 0 Å². The van der Waals surface area contributed by atoms with Crippen molar-refractivity contribution in [2.75, 3.05) is 26.2 Å². The van der Waals surface area contributed by atoms with Gasteiger partial charge in [-0.3, -0.25) is 9.67 Å². The van der Waals surface area contributed by atoms with E-state index in [2.05, 4.69) is 49.9 Å². The molecule has 0 bridgehead atoms. The molecular formula is C18H33N5. The predicted octanol–water partition coefficient (Wildman–Crippen LogP) is 2.52. The zero-order valence-corrected chi connectivity index (χ0v) is 15.7. The number of aryl methyl sites for hydroxylation is 2. The van der Waals surface area contributed by atoms with Crippen LogP contribution in [0, 0.1) is 25.7 Å². The lowest BCUT2D eigenvalue weighted by Crippen LogP contribution is -2.48. The number of piperidine rings is 1. The Balaban J connectivity index is 2.04. The highest BCUT2D eigenvalue weighted by molar-refractivity contribution is 5.80. The van der Waals surface area contributed by atoms with E-state index in [0.29, 0.717) is 0 Å². The topological polar surface area (TPSA) is 45.5 Å². The van der Waals surface area contributed by atoms with Gasteiger partial charge in [0.05, 0.1) is 5.69 Å². The highest BCUT2D eigenvalue weighted by Gasteiger charge is 2.23. The number of aromatic nitrogens is 2. The molecule has 1 saturated heterocycles. The van der Waals surface area contributed by atoms with Crippen molar-refractivity contribution in [3.05, 3.63) is 17.0 Å². The van der Waals surface area contributed by atoms with Crippen LogP contribution in [0.1, 0.15) is 44.1 Å². The first-order chi connectivity index (χ1) is 10.9. The number of hydrogen-bond acceptors (Lipinski definition) is 2. The number of aliphatic imine (C=N–C) groups is 1. The lowest BCUT2D eigenvalue weighted by molar-refractivity contribution is 0.208. The van der Waals surface area contributed by atoms with Crippen LogP contribution >= 0.6 is 0 Å². The minimum Gasteiger partial charge on any atom is -0.357 e. The lowest BCUT2D eigenvalue weighted by Gasteiger charge is -2.37. The smallest absolute Gasteiger partial charge is 0.193 e. The van der Waals surface area contributed by atoms with E-state index in [0.717, 1.165) is 56.1 Å². The molecule has 1 N–H and O–H groups in total. The third-order valence-corrected chi connectivity index (χ3v) is 4.79. The summed E-state index contributed by atoms with van der Waals surface area (Å²) in [4.78, 5) is 7.32. The average molecular weight is 319 g/mol. The second-order valence-electron chi connectivity index (χ2n) is 7.11. The summed E-state index contributed by atoms with van der Waals surface area (Å²) in [7, 11) is 2.01. The summed E-state index contributed by atoms with van der Waals surface area (Å²) in [5, 5.41) is 7.97. The Kier molecular flexibility index (Phi) is 6.08. The Hall–Kier alpha value is -1.52. The van der Waals surface area contributed by atoms with E-state index in [4.69, 9.17) is 4.99 Å². The molecule has 1 aromatic rings. The molecule has 0 aliphatic carbocycles. The minimum absolute atomic E-state index is 0.741. The van der Waals surface area contributed by atoms with Gasteiger partial charge in [-0.05, 0) is 51.0 Å². The van der Waals surface area contributed by atoms with Gasteiger partial charge in [0.15, 0.2) is 5.96 Å². The normalized spacial score (nSPS) is 22.5. The van der Waals surface area contributed by atoms with Crippen molar-refractivity contribution in [3.8, 4) is 0 Å². The summed E-state index contributed by atoms with van der Waals surface area (Å²) in [6.07, 6.45) is 2.28. The van der Waals surface area contributed by atoms with Crippen LogP contribution in [0.2, 0.25) is 0 Å². The summed E-state index contributed by atoms with van der Waals surface area (Å²) in [6.45, 7) is 15.0. The largest absolute Gasteiger partial charge is 0.357 e. The van der Waals surface area contributed by atoms with Crippen LogP contribution < -0.4 is 5.32 Å². The minimum atomic E-state index is 0.741. The van der Waals surface area contributed by atoms with Crippen molar-refractivity contribution in [1.82, 2.24) is 20.0 Å². The molecule has 23 heavy (non-hydrogen) atoms. The maximum atomic E-state index is 4.89. The zero-order chi connectivity index (χ0) is 17.0. The fourth-order valence-corrected chi connectivity index (χ4v) is 3.71. The van der Waals surface area contributed by atoms with Gasteiger partial charge in [-0.25, -0.2) is 0 Å². The summed E-state index contributed by atoms with van der Waals surface area (Å²) in [5.74, 6) is 2.56. The first-order valence-electron chi connectivity index (χ1n) is 8.94. The summed E-state index contributed by atoms with van der Waals surface area (Å²) in [6, 6.07) is 0. The van der Waals surface area contributed by atoms with Crippen molar-refractivity contribution >= 4 is 5.96 Å². The number of nitrogens with one attached hydrogen (secondary N) is 1. The molecule has 5 nitrogen and oxygen atoms in total. The molecule has 130 valence electrons. The van der Waals surface area contributed by atoms with Gasteiger partial charge in [0, 0.05) is 38.9 Å². The molecule has 2 heterocycles. The van der Waals surface area contributed by atoms with Crippen LogP contribution in [0.25, 0.3) is 0 Å². The summed E-state index contributed by atoms with van der Waals surface area (Å²) < 4.78 is 1.97. The maximum absolute atomic E-state index is 4.89. The number of rotatable bonds is 4. The molecule has 1 aliphatic heterocycles. The molecule has 0 saturated carbocycles. The molecule has 5 heteroatoms. The highest BCUT2D eigenvalue weighted by Crippen LogP contribution is 2.21. The van der Waals surface area contributed by atoms with Crippen LogP contribution in [-0.2, 0) is 13.5 Å².